The first kappa shape index (κ1) is 16.7. The molecule has 9 heteroatoms. The number of hydrogen-bond donors (Lipinski definition) is 0. The maximum absolute atomic E-state index is 13.1. The van der Waals surface area contributed by atoms with E-state index in [0.717, 1.165) is 0 Å². The van der Waals surface area contributed by atoms with Crippen LogP contribution in [0.25, 0.3) is 0 Å². The van der Waals surface area contributed by atoms with Crippen LogP contribution in [0, 0.1) is 0 Å². The van der Waals surface area contributed by atoms with Crippen molar-refractivity contribution in [1.82, 2.24) is 9.21 Å². The van der Waals surface area contributed by atoms with E-state index in [4.69, 9.17) is 4.74 Å². The van der Waals surface area contributed by atoms with Gasteiger partial charge in [-0.15, -0.1) is 0 Å². The van der Waals surface area contributed by atoms with Gasteiger partial charge in [0.15, 0.2) is 9.84 Å². The van der Waals surface area contributed by atoms with Crippen LogP contribution in [-0.4, -0.2) is 76.9 Å². The fourth-order valence-electron chi connectivity index (χ4n) is 3.35. The Bertz CT molecular complexity index is 806. The van der Waals surface area contributed by atoms with Gasteiger partial charge in [-0.2, -0.15) is 4.31 Å². The Morgan fingerprint density at radius 2 is 1.78 bits per heavy atom. The molecule has 128 valence electrons. The molecule has 1 aromatic rings. The van der Waals surface area contributed by atoms with E-state index in [1.165, 1.54) is 17.5 Å². The summed E-state index contributed by atoms with van der Waals surface area (Å²) in [6.45, 7) is 0.776. The third kappa shape index (κ3) is 2.86. The van der Waals surface area contributed by atoms with Crippen LogP contribution in [0.3, 0.4) is 0 Å². The van der Waals surface area contributed by atoms with E-state index in [-0.39, 0.29) is 34.7 Å². The third-order valence-electron chi connectivity index (χ3n) is 4.56. The number of ether oxygens (including phenoxy) is 1. The van der Waals surface area contributed by atoms with Gasteiger partial charge in [0, 0.05) is 19.1 Å². The van der Waals surface area contributed by atoms with Gasteiger partial charge >= 0.3 is 0 Å². The highest BCUT2D eigenvalue weighted by atomic mass is 32.2. The number of sulfonamides is 1. The Hall–Kier alpha value is -1.16. The molecule has 0 N–H and O–H groups in total. The van der Waals surface area contributed by atoms with Crippen molar-refractivity contribution in [1.29, 1.82) is 0 Å². The molecule has 0 unspecified atom stereocenters. The molecule has 0 spiro atoms. The van der Waals surface area contributed by atoms with Gasteiger partial charge in [0.2, 0.25) is 10.0 Å². The number of para-hydroxylation sites is 1. The molecule has 0 saturated carbocycles. The second-order valence-electron chi connectivity index (χ2n) is 5.96. The van der Waals surface area contributed by atoms with Gasteiger partial charge in [0.25, 0.3) is 0 Å². The topological polar surface area (TPSA) is 84.0 Å². The number of hydrogen-bond acceptors (Lipinski definition) is 6. The minimum Gasteiger partial charge on any atom is -0.495 e. The maximum atomic E-state index is 13.1. The summed E-state index contributed by atoms with van der Waals surface area (Å²) < 4.78 is 56.6. The number of nitrogens with zero attached hydrogens (tertiary/aromatic N) is 2. The summed E-state index contributed by atoms with van der Waals surface area (Å²) in [4.78, 5) is 2.01. The normalized spacial score (nSPS) is 28.4. The zero-order valence-electron chi connectivity index (χ0n) is 13.0. The van der Waals surface area contributed by atoms with E-state index in [1.807, 2.05) is 11.9 Å². The lowest BCUT2D eigenvalue weighted by Gasteiger charge is -2.41. The Kier molecular flexibility index (Phi) is 4.16. The fraction of sp³-hybridized carbons (Fsp3) is 0.571. The lowest BCUT2D eigenvalue weighted by Crippen LogP contribution is -2.59. The number of fused-ring (bicyclic) bond motifs is 1. The summed E-state index contributed by atoms with van der Waals surface area (Å²) in [5.74, 6) is 0.145. The van der Waals surface area contributed by atoms with E-state index in [2.05, 4.69) is 0 Å². The van der Waals surface area contributed by atoms with Crippen molar-refractivity contribution in [3.63, 3.8) is 0 Å². The van der Waals surface area contributed by atoms with Crippen LogP contribution < -0.4 is 4.74 Å². The van der Waals surface area contributed by atoms with Gasteiger partial charge in [0.05, 0.1) is 24.7 Å². The predicted octanol–water partition coefficient (Wildman–Crippen LogP) is -0.203. The monoisotopic (exact) mass is 360 g/mol. The molecule has 0 aliphatic carbocycles. The van der Waals surface area contributed by atoms with Crippen LogP contribution in [-0.2, 0) is 19.9 Å². The molecule has 0 aromatic heterocycles. The molecule has 0 amide bonds. The van der Waals surface area contributed by atoms with Gasteiger partial charge in [-0.3, -0.25) is 4.90 Å². The van der Waals surface area contributed by atoms with Crippen LogP contribution in [0.2, 0.25) is 0 Å². The van der Waals surface area contributed by atoms with Crippen molar-refractivity contribution >= 4 is 19.9 Å². The minimum absolute atomic E-state index is 0.00606. The average molecular weight is 360 g/mol. The molecular weight excluding hydrogens is 340 g/mol. The Labute approximate surface area is 136 Å². The van der Waals surface area contributed by atoms with Gasteiger partial charge in [-0.05, 0) is 19.2 Å². The molecule has 2 heterocycles. The number of rotatable bonds is 3. The highest BCUT2D eigenvalue weighted by Crippen LogP contribution is 2.33. The first-order valence-corrected chi connectivity index (χ1v) is 10.6. The zero-order valence-corrected chi connectivity index (χ0v) is 14.7. The van der Waals surface area contributed by atoms with Crippen molar-refractivity contribution in [3.05, 3.63) is 24.3 Å². The van der Waals surface area contributed by atoms with Crippen LogP contribution in [0.5, 0.6) is 5.75 Å². The lowest BCUT2D eigenvalue weighted by atomic mass is 10.1. The summed E-state index contributed by atoms with van der Waals surface area (Å²) in [7, 11) is -3.79. The molecule has 2 atom stereocenters. The fourth-order valence-corrected chi connectivity index (χ4v) is 7.30. The highest BCUT2D eigenvalue weighted by Gasteiger charge is 2.49. The molecule has 0 radical (unpaired) electrons. The molecule has 23 heavy (non-hydrogen) atoms. The third-order valence-corrected chi connectivity index (χ3v) is 8.22. The second kappa shape index (κ2) is 5.73. The molecule has 3 rings (SSSR count). The van der Waals surface area contributed by atoms with E-state index < -0.39 is 25.9 Å². The van der Waals surface area contributed by atoms with Crippen LogP contribution in [0.4, 0.5) is 0 Å². The Balaban J connectivity index is 2.03. The van der Waals surface area contributed by atoms with Gasteiger partial charge in [-0.25, -0.2) is 16.8 Å². The summed E-state index contributed by atoms with van der Waals surface area (Å²) in [5, 5.41) is 0. The van der Waals surface area contributed by atoms with E-state index in [0.29, 0.717) is 6.54 Å². The molecule has 7 nitrogen and oxygen atoms in total. The standard InChI is InChI=1S/C14H20N2O5S2/c1-15-7-8-16(12-10-22(17,18)9-11(12)15)23(19,20)14-6-4-3-5-13(14)21-2/h3-6,11-12H,7-10H2,1-2H3/t11-,12+/m0/s1. The van der Waals surface area contributed by atoms with Crippen molar-refractivity contribution in [2.24, 2.45) is 0 Å². The van der Waals surface area contributed by atoms with Crippen molar-refractivity contribution in [2.75, 3.05) is 38.8 Å². The summed E-state index contributed by atoms with van der Waals surface area (Å²) >= 11 is 0. The molecule has 2 saturated heterocycles. The van der Waals surface area contributed by atoms with Crippen molar-refractivity contribution < 1.29 is 21.6 Å². The van der Waals surface area contributed by atoms with Crippen molar-refractivity contribution in [2.45, 2.75) is 17.0 Å². The average Bonchev–Trinajstić information content (AvgIpc) is 2.83. The predicted molar refractivity (Wildman–Crippen MR) is 85.7 cm³/mol. The van der Waals surface area contributed by atoms with Gasteiger partial charge in [-0.1, -0.05) is 12.1 Å². The van der Waals surface area contributed by atoms with Crippen LogP contribution in [0.15, 0.2) is 29.2 Å². The van der Waals surface area contributed by atoms with Crippen LogP contribution >= 0.6 is 0 Å². The lowest BCUT2D eigenvalue weighted by molar-refractivity contribution is 0.121. The highest BCUT2D eigenvalue weighted by molar-refractivity contribution is 7.92. The first-order chi connectivity index (χ1) is 10.8. The molecule has 0 bridgehead atoms. The molecular formula is C14H20N2O5S2. The Morgan fingerprint density at radius 3 is 2.48 bits per heavy atom. The first-order valence-electron chi connectivity index (χ1n) is 7.32. The Morgan fingerprint density at radius 1 is 1.13 bits per heavy atom. The smallest absolute Gasteiger partial charge is 0.247 e. The molecule has 2 aliphatic heterocycles. The number of methoxy groups -OCH3 is 1. The zero-order chi connectivity index (χ0) is 16.8. The number of piperazine rings is 1. The van der Waals surface area contributed by atoms with Gasteiger partial charge < -0.3 is 4.74 Å². The van der Waals surface area contributed by atoms with Crippen molar-refractivity contribution in [3.8, 4) is 5.75 Å². The summed E-state index contributed by atoms with van der Waals surface area (Å²) in [5.41, 5.74) is 0. The SMILES string of the molecule is COc1ccccc1S(=O)(=O)N1CCN(C)[C@H]2CS(=O)(=O)C[C@H]21. The minimum atomic E-state index is -3.82. The molecule has 2 aliphatic rings. The molecule has 1 aromatic carbocycles. The number of sulfone groups is 1. The number of likely N-dealkylation sites (N-methyl/N-ethyl adjacent to an activating group) is 1. The van der Waals surface area contributed by atoms with E-state index >= 15 is 0 Å². The quantitative estimate of drug-likeness (QED) is 0.742. The van der Waals surface area contributed by atoms with E-state index in [1.54, 1.807) is 18.2 Å². The summed E-state index contributed by atoms with van der Waals surface area (Å²) in [6.07, 6.45) is 0. The second-order valence-corrected chi connectivity index (χ2v) is 9.97. The molecule has 2 fully saturated rings. The van der Waals surface area contributed by atoms with Crippen LogP contribution in [0.1, 0.15) is 0 Å². The van der Waals surface area contributed by atoms with E-state index in [9.17, 15) is 16.8 Å². The largest absolute Gasteiger partial charge is 0.495 e. The van der Waals surface area contributed by atoms with Gasteiger partial charge in [0.1, 0.15) is 10.6 Å². The number of benzene rings is 1. The summed E-state index contributed by atoms with van der Waals surface area (Å²) in [6, 6.07) is 5.57. The maximum Gasteiger partial charge on any atom is 0.247 e.